The molecule has 0 unspecified atom stereocenters. The van der Waals surface area contributed by atoms with Crippen LogP contribution >= 0.6 is 0 Å². The number of hydrogen-bond acceptors (Lipinski definition) is 4. The van der Waals surface area contributed by atoms with Gasteiger partial charge in [0.25, 0.3) is 0 Å². The van der Waals surface area contributed by atoms with E-state index in [1.54, 1.807) is 20.8 Å². The minimum atomic E-state index is -1.14. The summed E-state index contributed by atoms with van der Waals surface area (Å²) in [7, 11) is 1.45. The fourth-order valence-corrected chi connectivity index (χ4v) is 1.35. The molecule has 1 aromatic carbocycles. The van der Waals surface area contributed by atoms with Gasteiger partial charge in [-0.25, -0.2) is 9.59 Å². The molecule has 1 aromatic rings. The van der Waals surface area contributed by atoms with E-state index in [0.29, 0.717) is 5.75 Å². The molecule has 0 saturated carbocycles. The lowest BCUT2D eigenvalue weighted by molar-refractivity contribution is 0.0636. The van der Waals surface area contributed by atoms with Gasteiger partial charge in [0.1, 0.15) is 11.4 Å². The molecule has 1 rings (SSSR count). The predicted octanol–water partition coefficient (Wildman–Crippen LogP) is 2.74. The van der Waals surface area contributed by atoms with Crippen molar-refractivity contribution in [2.45, 2.75) is 26.4 Å². The van der Waals surface area contributed by atoms with Gasteiger partial charge in [0.05, 0.1) is 18.4 Å². The maximum atomic E-state index is 11.6. The first kappa shape index (κ1) is 14.8. The first-order chi connectivity index (χ1) is 8.73. The summed E-state index contributed by atoms with van der Waals surface area (Å²) in [4.78, 5) is 22.7. The average molecular weight is 267 g/mol. The van der Waals surface area contributed by atoms with Crippen LogP contribution in [-0.4, -0.2) is 29.9 Å². The molecular formula is C13H17NO5. The van der Waals surface area contributed by atoms with Gasteiger partial charge in [0, 0.05) is 6.07 Å². The monoisotopic (exact) mass is 267 g/mol. The minimum Gasteiger partial charge on any atom is -0.497 e. The van der Waals surface area contributed by atoms with Crippen molar-refractivity contribution in [1.82, 2.24) is 0 Å². The van der Waals surface area contributed by atoms with E-state index in [9.17, 15) is 9.59 Å². The van der Waals surface area contributed by atoms with E-state index in [1.807, 2.05) is 0 Å². The van der Waals surface area contributed by atoms with Crippen molar-refractivity contribution < 1.29 is 24.2 Å². The van der Waals surface area contributed by atoms with Gasteiger partial charge in [-0.05, 0) is 32.9 Å². The predicted molar refractivity (Wildman–Crippen MR) is 69.8 cm³/mol. The Morgan fingerprint density at radius 1 is 1.26 bits per heavy atom. The van der Waals surface area contributed by atoms with E-state index < -0.39 is 17.7 Å². The lowest BCUT2D eigenvalue weighted by Crippen LogP contribution is -2.27. The molecule has 0 spiro atoms. The second-order valence-electron chi connectivity index (χ2n) is 4.84. The molecule has 0 fully saturated rings. The number of ether oxygens (including phenoxy) is 2. The highest BCUT2D eigenvalue weighted by molar-refractivity contribution is 5.99. The fraction of sp³-hybridized carbons (Fsp3) is 0.385. The van der Waals surface area contributed by atoms with Crippen LogP contribution in [0.5, 0.6) is 5.75 Å². The van der Waals surface area contributed by atoms with Crippen molar-refractivity contribution in [3.05, 3.63) is 23.8 Å². The average Bonchev–Trinajstić information content (AvgIpc) is 2.25. The molecule has 0 atom stereocenters. The van der Waals surface area contributed by atoms with Gasteiger partial charge in [-0.2, -0.15) is 0 Å². The van der Waals surface area contributed by atoms with Crippen LogP contribution in [0.1, 0.15) is 31.1 Å². The van der Waals surface area contributed by atoms with E-state index >= 15 is 0 Å². The lowest BCUT2D eigenvalue weighted by Gasteiger charge is -2.20. The third-order valence-corrected chi connectivity index (χ3v) is 2.09. The van der Waals surface area contributed by atoms with Crippen LogP contribution in [0.4, 0.5) is 10.5 Å². The lowest BCUT2D eigenvalue weighted by atomic mass is 10.1. The van der Waals surface area contributed by atoms with E-state index in [0.717, 1.165) is 0 Å². The van der Waals surface area contributed by atoms with Crippen molar-refractivity contribution >= 4 is 17.7 Å². The van der Waals surface area contributed by atoms with Crippen molar-refractivity contribution in [2.75, 3.05) is 12.4 Å². The number of carbonyl (C=O) groups excluding carboxylic acids is 1. The highest BCUT2D eigenvalue weighted by Gasteiger charge is 2.19. The van der Waals surface area contributed by atoms with Gasteiger partial charge in [-0.3, -0.25) is 5.32 Å². The summed E-state index contributed by atoms with van der Waals surface area (Å²) >= 11 is 0. The minimum absolute atomic E-state index is 0.0355. The Balaban J connectivity index is 2.98. The third-order valence-electron chi connectivity index (χ3n) is 2.09. The van der Waals surface area contributed by atoms with Gasteiger partial charge >= 0.3 is 12.1 Å². The van der Waals surface area contributed by atoms with Gasteiger partial charge < -0.3 is 14.6 Å². The summed E-state index contributed by atoms with van der Waals surface area (Å²) < 4.78 is 10.1. The molecule has 6 nitrogen and oxygen atoms in total. The number of carboxylic acids is 1. The number of nitrogens with one attached hydrogen (secondary N) is 1. The van der Waals surface area contributed by atoms with Crippen LogP contribution in [0.3, 0.4) is 0 Å². The van der Waals surface area contributed by atoms with E-state index in [2.05, 4.69) is 5.32 Å². The zero-order valence-corrected chi connectivity index (χ0v) is 11.3. The number of methoxy groups -OCH3 is 1. The van der Waals surface area contributed by atoms with Crippen LogP contribution in [0.2, 0.25) is 0 Å². The van der Waals surface area contributed by atoms with Gasteiger partial charge in [-0.15, -0.1) is 0 Å². The Kier molecular flexibility index (Phi) is 4.37. The highest BCUT2D eigenvalue weighted by Crippen LogP contribution is 2.23. The topological polar surface area (TPSA) is 84.9 Å². The second kappa shape index (κ2) is 5.60. The third kappa shape index (κ3) is 4.50. The number of aromatic carboxylic acids is 1. The second-order valence-corrected chi connectivity index (χ2v) is 4.84. The summed E-state index contributed by atoms with van der Waals surface area (Å²) in [5.74, 6) is -0.704. The first-order valence-corrected chi connectivity index (χ1v) is 5.64. The maximum Gasteiger partial charge on any atom is 0.412 e. The Labute approximate surface area is 111 Å². The Bertz CT molecular complexity index is 490. The largest absolute Gasteiger partial charge is 0.497 e. The molecule has 2 N–H and O–H groups in total. The summed E-state index contributed by atoms with van der Waals surface area (Å²) in [6.07, 6.45) is -0.719. The van der Waals surface area contributed by atoms with Crippen LogP contribution in [0, 0.1) is 0 Å². The molecule has 0 aliphatic heterocycles. The molecule has 1 amide bonds. The standard InChI is InChI=1S/C13H17NO5/c1-13(2,3)19-12(17)14-10-7-8(18-4)5-6-9(10)11(15)16/h5-7H,1-4H3,(H,14,17)(H,15,16). The normalized spacial score (nSPS) is 10.7. The quantitative estimate of drug-likeness (QED) is 0.879. The molecule has 104 valence electrons. The summed E-state index contributed by atoms with van der Waals surface area (Å²) in [6, 6.07) is 4.28. The number of amides is 1. The Morgan fingerprint density at radius 3 is 2.37 bits per heavy atom. The number of carbonyl (C=O) groups is 2. The zero-order chi connectivity index (χ0) is 14.6. The number of rotatable bonds is 3. The van der Waals surface area contributed by atoms with Crippen LogP contribution in [-0.2, 0) is 4.74 Å². The van der Waals surface area contributed by atoms with E-state index in [1.165, 1.54) is 25.3 Å². The number of carboxylic acid groups (broad SMARTS) is 1. The SMILES string of the molecule is COc1ccc(C(=O)O)c(NC(=O)OC(C)(C)C)c1. The Morgan fingerprint density at radius 2 is 1.89 bits per heavy atom. The van der Waals surface area contributed by atoms with Crippen molar-refractivity contribution in [2.24, 2.45) is 0 Å². The van der Waals surface area contributed by atoms with Gasteiger partial charge in [0.15, 0.2) is 0 Å². The van der Waals surface area contributed by atoms with E-state index in [-0.39, 0.29) is 11.3 Å². The molecule has 6 heteroatoms. The molecule has 0 aliphatic rings. The number of hydrogen-bond donors (Lipinski definition) is 2. The van der Waals surface area contributed by atoms with E-state index in [4.69, 9.17) is 14.6 Å². The zero-order valence-electron chi connectivity index (χ0n) is 11.3. The number of benzene rings is 1. The van der Waals surface area contributed by atoms with Crippen molar-refractivity contribution in [3.63, 3.8) is 0 Å². The summed E-state index contributed by atoms with van der Waals surface area (Å²) in [6.45, 7) is 5.16. The molecule has 0 aromatic heterocycles. The maximum absolute atomic E-state index is 11.6. The highest BCUT2D eigenvalue weighted by atomic mass is 16.6. The van der Waals surface area contributed by atoms with Gasteiger partial charge in [-0.1, -0.05) is 0 Å². The van der Waals surface area contributed by atoms with Crippen LogP contribution in [0.25, 0.3) is 0 Å². The van der Waals surface area contributed by atoms with Crippen LogP contribution in [0.15, 0.2) is 18.2 Å². The molecular weight excluding hydrogens is 250 g/mol. The van der Waals surface area contributed by atoms with Gasteiger partial charge in [0.2, 0.25) is 0 Å². The molecule has 19 heavy (non-hydrogen) atoms. The smallest absolute Gasteiger partial charge is 0.412 e. The number of anilines is 1. The van der Waals surface area contributed by atoms with Crippen LogP contribution < -0.4 is 10.1 Å². The fourth-order valence-electron chi connectivity index (χ4n) is 1.35. The first-order valence-electron chi connectivity index (χ1n) is 5.64. The van der Waals surface area contributed by atoms with Crippen molar-refractivity contribution in [1.29, 1.82) is 0 Å². The molecule has 0 bridgehead atoms. The molecule has 0 heterocycles. The summed E-state index contributed by atoms with van der Waals surface area (Å²) in [5.41, 5.74) is -0.570. The molecule has 0 aliphatic carbocycles. The Hall–Kier alpha value is -2.24. The molecule has 0 radical (unpaired) electrons. The summed E-state index contributed by atoms with van der Waals surface area (Å²) in [5, 5.41) is 11.4. The molecule has 0 saturated heterocycles. The van der Waals surface area contributed by atoms with Crippen molar-refractivity contribution in [3.8, 4) is 5.75 Å².